The molecule has 1 atom stereocenters. The molecule has 9 heteroatoms. The summed E-state index contributed by atoms with van der Waals surface area (Å²) < 4.78 is 33.3. The minimum absolute atomic E-state index is 0.0285. The predicted molar refractivity (Wildman–Crippen MR) is 90.0 cm³/mol. The summed E-state index contributed by atoms with van der Waals surface area (Å²) in [6.45, 7) is 2.65. The molecule has 24 heavy (non-hydrogen) atoms. The number of primary sulfonamides is 1. The van der Waals surface area contributed by atoms with E-state index in [9.17, 15) is 13.5 Å². The molecule has 1 heterocycles. The summed E-state index contributed by atoms with van der Waals surface area (Å²) in [5.74, 6) is 0. The number of nitrogens with two attached hydrogens (primary N) is 1. The second-order valence-corrected chi connectivity index (χ2v) is 8.21. The number of thiazole rings is 1. The summed E-state index contributed by atoms with van der Waals surface area (Å²) in [7, 11) is -3.82. The van der Waals surface area contributed by atoms with Gasteiger partial charge in [0.25, 0.3) is 0 Å². The van der Waals surface area contributed by atoms with E-state index < -0.39 is 15.6 Å². The summed E-state index contributed by atoms with van der Waals surface area (Å²) in [6.07, 6.45) is 1.13. The smallest absolute Gasteiger partial charge is 0.249 e. The predicted octanol–water partition coefficient (Wildman–Crippen LogP) is 1.23. The van der Waals surface area contributed by atoms with Crippen molar-refractivity contribution in [2.45, 2.75) is 23.3 Å². The molecule has 0 aliphatic carbocycles. The van der Waals surface area contributed by atoms with Crippen LogP contribution in [0.5, 0.6) is 0 Å². The highest BCUT2D eigenvalue weighted by atomic mass is 32.2. The van der Waals surface area contributed by atoms with E-state index in [4.69, 9.17) is 14.6 Å². The molecule has 0 saturated carbocycles. The second-order valence-electron chi connectivity index (χ2n) is 5.39. The SMILES string of the molecule is C[C@@](O)(COCCOCc1ccccc1)c1ncc(S(N)(=O)=O)s1. The lowest BCUT2D eigenvalue weighted by Gasteiger charge is -2.20. The molecule has 0 fully saturated rings. The topological polar surface area (TPSA) is 112 Å². The van der Waals surface area contributed by atoms with Crippen LogP contribution in [0, 0.1) is 0 Å². The van der Waals surface area contributed by atoms with Gasteiger partial charge in [0.15, 0.2) is 4.21 Å². The fourth-order valence-electron chi connectivity index (χ4n) is 1.85. The first kappa shape index (κ1) is 19.0. The van der Waals surface area contributed by atoms with E-state index in [1.165, 1.54) is 6.92 Å². The molecule has 2 aromatic rings. The van der Waals surface area contributed by atoms with Crippen molar-refractivity contribution in [2.24, 2.45) is 5.14 Å². The van der Waals surface area contributed by atoms with Gasteiger partial charge in [0.2, 0.25) is 10.0 Å². The van der Waals surface area contributed by atoms with E-state index >= 15 is 0 Å². The number of benzene rings is 1. The summed E-state index contributed by atoms with van der Waals surface area (Å²) >= 11 is 0.827. The van der Waals surface area contributed by atoms with Gasteiger partial charge in [0.1, 0.15) is 10.6 Å². The van der Waals surface area contributed by atoms with Crippen molar-refractivity contribution in [1.82, 2.24) is 4.98 Å². The van der Waals surface area contributed by atoms with Crippen molar-refractivity contribution in [1.29, 1.82) is 0 Å². The molecule has 0 amide bonds. The van der Waals surface area contributed by atoms with Crippen molar-refractivity contribution in [3.63, 3.8) is 0 Å². The molecule has 1 aromatic carbocycles. The summed E-state index contributed by atoms with van der Waals surface area (Å²) in [4.78, 5) is 3.91. The van der Waals surface area contributed by atoms with Crippen LogP contribution in [0.1, 0.15) is 17.5 Å². The van der Waals surface area contributed by atoms with Crippen LogP contribution in [0.15, 0.2) is 40.7 Å². The van der Waals surface area contributed by atoms with Crippen LogP contribution in [0.4, 0.5) is 0 Å². The minimum atomic E-state index is -3.82. The first-order valence-corrected chi connectivity index (χ1v) is 9.56. The lowest BCUT2D eigenvalue weighted by molar-refractivity contribution is -0.0528. The number of hydrogen-bond donors (Lipinski definition) is 2. The lowest BCUT2D eigenvalue weighted by atomic mass is 10.1. The molecule has 0 unspecified atom stereocenters. The largest absolute Gasteiger partial charge is 0.381 e. The van der Waals surface area contributed by atoms with Gasteiger partial charge in [-0.1, -0.05) is 30.3 Å². The fraction of sp³-hybridized carbons (Fsp3) is 0.400. The van der Waals surface area contributed by atoms with Gasteiger partial charge in [-0.2, -0.15) is 0 Å². The van der Waals surface area contributed by atoms with Crippen molar-refractivity contribution in [3.8, 4) is 0 Å². The third-order valence-electron chi connectivity index (χ3n) is 3.09. The number of aliphatic hydroxyl groups is 1. The Kier molecular flexibility index (Phi) is 6.44. The number of nitrogens with zero attached hydrogens (tertiary/aromatic N) is 1. The van der Waals surface area contributed by atoms with Crippen LogP contribution >= 0.6 is 11.3 Å². The third kappa shape index (κ3) is 5.62. The molecule has 1 aromatic heterocycles. The van der Waals surface area contributed by atoms with Crippen LogP contribution in [0.25, 0.3) is 0 Å². The highest BCUT2D eigenvalue weighted by molar-refractivity contribution is 7.91. The van der Waals surface area contributed by atoms with E-state index in [1.807, 2.05) is 30.3 Å². The van der Waals surface area contributed by atoms with E-state index in [2.05, 4.69) is 4.98 Å². The molecule has 0 saturated heterocycles. The van der Waals surface area contributed by atoms with E-state index in [1.54, 1.807) is 0 Å². The number of rotatable bonds is 9. The van der Waals surface area contributed by atoms with Crippen LogP contribution < -0.4 is 5.14 Å². The molecule has 2 rings (SSSR count). The van der Waals surface area contributed by atoms with Crippen LogP contribution in [0.3, 0.4) is 0 Å². The van der Waals surface area contributed by atoms with E-state index in [-0.39, 0.29) is 15.8 Å². The van der Waals surface area contributed by atoms with Crippen molar-refractivity contribution in [2.75, 3.05) is 19.8 Å². The summed E-state index contributed by atoms with van der Waals surface area (Å²) in [5, 5.41) is 15.6. The highest BCUT2D eigenvalue weighted by Crippen LogP contribution is 2.27. The van der Waals surface area contributed by atoms with Crippen LogP contribution in [0.2, 0.25) is 0 Å². The van der Waals surface area contributed by atoms with E-state index in [0.29, 0.717) is 19.8 Å². The Morgan fingerprint density at radius 3 is 2.54 bits per heavy atom. The third-order valence-corrected chi connectivity index (χ3v) is 5.75. The van der Waals surface area contributed by atoms with Crippen molar-refractivity contribution < 1.29 is 23.0 Å². The van der Waals surface area contributed by atoms with Crippen LogP contribution in [-0.2, 0) is 31.7 Å². The Hall–Kier alpha value is -1.36. The quantitative estimate of drug-likeness (QED) is 0.640. The Labute approximate surface area is 145 Å². The first-order valence-electron chi connectivity index (χ1n) is 7.20. The molecule has 0 radical (unpaired) electrons. The van der Waals surface area contributed by atoms with Crippen molar-refractivity contribution in [3.05, 3.63) is 47.1 Å². The zero-order valence-electron chi connectivity index (χ0n) is 13.2. The maximum Gasteiger partial charge on any atom is 0.249 e. The average molecular weight is 372 g/mol. The zero-order valence-corrected chi connectivity index (χ0v) is 14.8. The molecule has 132 valence electrons. The Morgan fingerprint density at radius 1 is 1.25 bits per heavy atom. The first-order chi connectivity index (χ1) is 11.3. The number of sulfonamides is 1. The number of ether oxygens (including phenoxy) is 2. The molecule has 7 nitrogen and oxygen atoms in total. The molecule has 0 aliphatic heterocycles. The van der Waals surface area contributed by atoms with Gasteiger partial charge >= 0.3 is 0 Å². The Balaban J connectivity index is 1.73. The molecule has 3 N–H and O–H groups in total. The zero-order chi connectivity index (χ0) is 17.6. The Morgan fingerprint density at radius 2 is 1.92 bits per heavy atom. The minimum Gasteiger partial charge on any atom is -0.381 e. The molecular formula is C15H20N2O5S2. The maximum atomic E-state index is 11.2. The van der Waals surface area contributed by atoms with Crippen molar-refractivity contribution >= 4 is 21.4 Å². The summed E-state index contributed by atoms with van der Waals surface area (Å²) in [5.41, 5.74) is -0.324. The Bertz CT molecular complexity index is 744. The maximum absolute atomic E-state index is 11.2. The van der Waals surface area contributed by atoms with Gasteiger partial charge in [-0.15, -0.1) is 11.3 Å². The molecular weight excluding hydrogens is 352 g/mol. The monoisotopic (exact) mass is 372 g/mol. The number of hydrogen-bond acceptors (Lipinski definition) is 7. The van der Waals surface area contributed by atoms with Gasteiger partial charge in [-0.3, -0.25) is 0 Å². The van der Waals surface area contributed by atoms with Gasteiger partial charge in [-0.25, -0.2) is 18.5 Å². The normalized spacial score (nSPS) is 14.5. The van der Waals surface area contributed by atoms with Gasteiger partial charge < -0.3 is 14.6 Å². The average Bonchev–Trinajstić information content (AvgIpc) is 3.03. The van der Waals surface area contributed by atoms with Crippen LogP contribution in [-0.4, -0.2) is 38.3 Å². The van der Waals surface area contributed by atoms with E-state index in [0.717, 1.165) is 23.1 Å². The lowest BCUT2D eigenvalue weighted by Crippen LogP contribution is -2.28. The molecule has 0 spiro atoms. The fourth-order valence-corrected chi connectivity index (χ4v) is 3.44. The molecule has 0 aliphatic rings. The highest BCUT2D eigenvalue weighted by Gasteiger charge is 2.29. The second kappa shape index (κ2) is 8.15. The molecule has 0 bridgehead atoms. The number of aromatic nitrogens is 1. The van der Waals surface area contributed by atoms with Gasteiger partial charge in [-0.05, 0) is 12.5 Å². The summed E-state index contributed by atoms with van der Waals surface area (Å²) in [6, 6.07) is 9.76. The van der Waals surface area contributed by atoms with Gasteiger partial charge in [0.05, 0.1) is 32.6 Å². The van der Waals surface area contributed by atoms with Gasteiger partial charge in [0, 0.05) is 0 Å². The standard InChI is InChI=1S/C15H20N2O5S2/c1-15(18,14-17-9-13(23-14)24(16,19)20)11-22-8-7-21-10-12-5-3-2-4-6-12/h2-6,9,18H,7-8,10-11H2,1H3,(H2,16,19,20)/t15-/m1/s1.